The van der Waals surface area contributed by atoms with E-state index in [4.69, 9.17) is 5.11 Å². The lowest BCUT2D eigenvalue weighted by Gasteiger charge is -2.20. The van der Waals surface area contributed by atoms with Gasteiger partial charge < -0.3 is 10.0 Å². The molecular formula is C14H16BrNO3. The third kappa shape index (κ3) is 3.15. The first-order valence-electron chi connectivity index (χ1n) is 6.16. The van der Waals surface area contributed by atoms with Crippen LogP contribution in [0.5, 0.6) is 0 Å². The van der Waals surface area contributed by atoms with Gasteiger partial charge >= 0.3 is 5.97 Å². The summed E-state index contributed by atoms with van der Waals surface area (Å²) in [5.74, 6) is -0.835. The third-order valence-electron chi connectivity index (χ3n) is 3.61. The third-order valence-corrected chi connectivity index (χ3v) is 4.14. The molecule has 5 heteroatoms. The highest BCUT2D eigenvalue weighted by Gasteiger charge is 2.41. The normalized spacial score (nSPS) is 22.5. The van der Waals surface area contributed by atoms with E-state index in [0.29, 0.717) is 25.9 Å². The zero-order chi connectivity index (χ0) is 14.0. The fourth-order valence-electron chi connectivity index (χ4n) is 2.24. The molecule has 0 radical (unpaired) electrons. The molecule has 0 bridgehead atoms. The van der Waals surface area contributed by atoms with Gasteiger partial charge in [0.25, 0.3) is 0 Å². The number of hydrogen-bond donors (Lipinski definition) is 1. The van der Waals surface area contributed by atoms with Crippen LogP contribution in [0.1, 0.15) is 18.9 Å². The number of carboxylic acids is 1. The van der Waals surface area contributed by atoms with Crippen LogP contribution < -0.4 is 0 Å². The van der Waals surface area contributed by atoms with Crippen LogP contribution in [0.4, 0.5) is 0 Å². The minimum atomic E-state index is -0.827. The van der Waals surface area contributed by atoms with Crippen LogP contribution in [0.3, 0.4) is 0 Å². The number of benzene rings is 1. The predicted molar refractivity (Wildman–Crippen MR) is 74.8 cm³/mol. The predicted octanol–water partition coefficient (Wildman–Crippen LogP) is 2.31. The maximum absolute atomic E-state index is 12.1. The lowest BCUT2D eigenvalue weighted by Crippen LogP contribution is -2.35. The van der Waals surface area contributed by atoms with Crippen molar-refractivity contribution in [2.75, 3.05) is 13.1 Å². The summed E-state index contributed by atoms with van der Waals surface area (Å²) in [6, 6.07) is 7.59. The van der Waals surface area contributed by atoms with E-state index in [1.165, 1.54) is 0 Å². The molecule has 1 aromatic carbocycles. The Morgan fingerprint density at radius 1 is 1.37 bits per heavy atom. The molecule has 0 saturated carbocycles. The van der Waals surface area contributed by atoms with Crippen molar-refractivity contribution in [3.8, 4) is 0 Å². The fourth-order valence-corrected chi connectivity index (χ4v) is 2.50. The van der Waals surface area contributed by atoms with Crippen LogP contribution in [0.15, 0.2) is 28.7 Å². The molecule has 0 aromatic heterocycles. The first-order chi connectivity index (χ1) is 8.90. The molecule has 1 atom stereocenters. The number of carbonyl (C=O) groups excluding carboxylic acids is 1. The minimum absolute atomic E-state index is 0.00713. The van der Waals surface area contributed by atoms with Crippen LogP contribution >= 0.6 is 15.9 Å². The maximum atomic E-state index is 12.1. The average molecular weight is 326 g/mol. The van der Waals surface area contributed by atoms with Gasteiger partial charge in [-0.1, -0.05) is 28.1 Å². The highest BCUT2D eigenvalue weighted by Crippen LogP contribution is 2.30. The molecule has 4 nitrogen and oxygen atoms in total. The fraction of sp³-hybridized carbons (Fsp3) is 0.429. The van der Waals surface area contributed by atoms with Crippen molar-refractivity contribution < 1.29 is 14.7 Å². The molecule has 1 N–H and O–H groups in total. The van der Waals surface area contributed by atoms with Gasteiger partial charge in [0.15, 0.2) is 0 Å². The molecule has 2 rings (SSSR count). The van der Waals surface area contributed by atoms with Gasteiger partial charge in [-0.05, 0) is 31.0 Å². The summed E-state index contributed by atoms with van der Waals surface area (Å²) in [5.41, 5.74) is 0.146. The molecule has 102 valence electrons. The molecule has 0 aliphatic carbocycles. The zero-order valence-electron chi connectivity index (χ0n) is 10.7. The maximum Gasteiger partial charge on any atom is 0.311 e. The Bertz CT molecular complexity index is 500. The molecule has 1 amide bonds. The van der Waals surface area contributed by atoms with Crippen molar-refractivity contribution in [1.29, 1.82) is 0 Å². The van der Waals surface area contributed by atoms with Gasteiger partial charge in [-0.25, -0.2) is 0 Å². The summed E-state index contributed by atoms with van der Waals surface area (Å²) in [4.78, 5) is 24.9. The second kappa shape index (κ2) is 5.33. The number of amides is 1. The Morgan fingerprint density at radius 2 is 2.00 bits per heavy atom. The summed E-state index contributed by atoms with van der Waals surface area (Å²) in [7, 11) is 0. The molecule has 19 heavy (non-hydrogen) atoms. The molecule has 1 aliphatic heterocycles. The first kappa shape index (κ1) is 14.1. The smallest absolute Gasteiger partial charge is 0.311 e. The van der Waals surface area contributed by atoms with Gasteiger partial charge in [0, 0.05) is 17.6 Å². The van der Waals surface area contributed by atoms with Crippen molar-refractivity contribution in [3.05, 3.63) is 34.3 Å². The molecule has 1 fully saturated rings. The first-order valence-corrected chi connectivity index (χ1v) is 6.96. The second-order valence-corrected chi connectivity index (χ2v) is 6.15. The van der Waals surface area contributed by atoms with Gasteiger partial charge in [-0.2, -0.15) is 0 Å². The summed E-state index contributed by atoms with van der Waals surface area (Å²) in [6.07, 6.45) is 0.845. The molecule has 1 heterocycles. The Hall–Kier alpha value is -1.36. The van der Waals surface area contributed by atoms with E-state index in [1.807, 2.05) is 24.3 Å². The Labute approximate surface area is 120 Å². The van der Waals surface area contributed by atoms with E-state index >= 15 is 0 Å². The second-order valence-electron chi connectivity index (χ2n) is 5.23. The number of nitrogens with zero attached hydrogens (tertiary/aromatic N) is 1. The van der Waals surface area contributed by atoms with E-state index in [1.54, 1.807) is 11.8 Å². The summed E-state index contributed by atoms with van der Waals surface area (Å²) < 4.78 is 0.975. The standard InChI is InChI=1S/C14H16BrNO3/c1-14(13(18)19)6-7-16(9-14)12(17)8-10-2-4-11(15)5-3-10/h2-5H,6-9H2,1H3,(H,18,19). The van der Waals surface area contributed by atoms with Gasteiger partial charge in [-0.15, -0.1) is 0 Å². The average Bonchev–Trinajstić information content (AvgIpc) is 2.76. The monoisotopic (exact) mass is 325 g/mol. The summed E-state index contributed by atoms with van der Waals surface area (Å²) in [6.45, 7) is 2.53. The van der Waals surface area contributed by atoms with E-state index in [-0.39, 0.29) is 5.91 Å². The highest BCUT2D eigenvalue weighted by molar-refractivity contribution is 9.10. The molecule has 1 aromatic rings. The van der Waals surface area contributed by atoms with Gasteiger partial charge in [-0.3, -0.25) is 9.59 Å². The molecular weight excluding hydrogens is 310 g/mol. The lowest BCUT2D eigenvalue weighted by molar-refractivity contribution is -0.147. The van der Waals surface area contributed by atoms with Gasteiger partial charge in [0.05, 0.1) is 11.8 Å². The number of halogens is 1. The molecule has 1 unspecified atom stereocenters. The lowest BCUT2D eigenvalue weighted by atomic mass is 9.90. The van der Waals surface area contributed by atoms with Crippen molar-refractivity contribution in [2.24, 2.45) is 5.41 Å². The number of likely N-dealkylation sites (tertiary alicyclic amines) is 1. The van der Waals surface area contributed by atoms with Crippen LogP contribution in [0, 0.1) is 5.41 Å². The van der Waals surface area contributed by atoms with Gasteiger partial charge in [0.2, 0.25) is 5.91 Å². The zero-order valence-corrected chi connectivity index (χ0v) is 12.3. The molecule has 0 spiro atoms. The minimum Gasteiger partial charge on any atom is -0.481 e. The van der Waals surface area contributed by atoms with E-state index in [2.05, 4.69) is 15.9 Å². The number of rotatable bonds is 3. The number of aliphatic carboxylic acids is 1. The van der Waals surface area contributed by atoms with Crippen LogP contribution in [-0.2, 0) is 16.0 Å². The Morgan fingerprint density at radius 3 is 2.53 bits per heavy atom. The largest absolute Gasteiger partial charge is 0.481 e. The SMILES string of the molecule is CC1(C(=O)O)CCN(C(=O)Cc2ccc(Br)cc2)C1. The van der Waals surface area contributed by atoms with Crippen LogP contribution in [0.25, 0.3) is 0 Å². The number of carboxylic acid groups (broad SMARTS) is 1. The summed E-state index contributed by atoms with van der Waals surface area (Å²) >= 11 is 3.35. The van der Waals surface area contributed by atoms with Crippen molar-refractivity contribution >= 4 is 27.8 Å². The highest BCUT2D eigenvalue weighted by atomic mass is 79.9. The van der Waals surface area contributed by atoms with Crippen LogP contribution in [-0.4, -0.2) is 35.0 Å². The van der Waals surface area contributed by atoms with E-state index in [9.17, 15) is 9.59 Å². The van der Waals surface area contributed by atoms with Crippen LogP contribution in [0.2, 0.25) is 0 Å². The summed E-state index contributed by atoms with van der Waals surface area (Å²) in [5, 5.41) is 9.15. The van der Waals surface area contributed by atoms with Crippen molar-refractivity contribution in [1.82, 2.24) is 4.90 Å². The molecule has 1 saturated heterocycles. The van der Waals surface area contributed by atoms with Crippen molar-refractivity contribution in [3.63, 3.8) is 0 Å². The Balaban J connectivity index is 1.98. The van der Waals surface area contributed by atoms with Gasteiger partial charge in [0.1, 0.15) is 0 Å². The quantitative estimate of drug-likeness (QED) is 0.927. The molecule has 1 aliphatic rings. The topological polar surface area (TPSA) is 57.6 Å². The Kier molecular flexibility index (Phi) is 3.94. The van der Waals surface area contributed by atoms with Crippen molar-refractivity contribution in [2.45, 2.75) is 19.8 Å². The van der Waals surface area contributed by atoms with E-state index in [0.717, 1.165) is 10.0 Å². The number of carbonyl (C=O) groups is 2. The van der Waals surface area contributed by atoms with E-state index < -0.39 is 11.4 Å². The number of hydrogen-bond acceptors (Lipinski definition) is 2.